The van der Waals surface area contributed by atoms with E-state index in [1.807, 2.05) is 42.3 Å². The summed E-state index contributed by atoms with van der Waals surface area (Å²) in [6, 6.07) is 12.9. The Morgan fingerprint density at radius 2 is 1.63 bits per heavy atom. The van der Waals surface area contributed by atoms with E-state index in [9.17, 15) is 4.79 Å². The first-order valence-corrected chi connectivity index (χ1v) is 9.13. The van der Waals surface area contributed by atoms with Crippen LogP contribution in [0.3, 0.4) is 0 Å². The van der Waals surface area contributed by atoms with Crippen molar-refractivity contribution in [2.24, 2.45) is 0 Å². The lowest BCUT2D eigenvalue weighted by atomic mass is 10.2. The van der Waals surface area contributed by atoms with Gasteiger partial charge in [-0.3, -0.25) is 4.79 Å². The molecule has 2 aromatic carbocycles. The molecule has 0 aromatic heterocycles. The molecule has 0 heterocycles. The molecule has 144 valence electrons. The molecule has 0 saturated heterocycles. The number of nitrogens with one attached hydrogen (secondary N) is 3. The maximum Gasteiger partial charge on any atom is 0.221 e. The highest BCUT2D eigenvalue weighted by Gasteiger charge is 2.08. The Hall–Kier alpha value is -2.35. The number of ether oxygens (including phenoxy) is 1. The number of benzene rings is 2. The van der Waals surface area contributed by atoms with Crippen LogP contribution >= 0.6 is 23.8 Å². The van der Waals surface area contributed by atoms with Gasteiger partial charge in [0.15, 0.2) is 5.11 Å². The zero-order valence-corrected chi connectivity index (χ0v) is 17.1. The van der Waals surface area contributed by atoms with E-state index < -0.39 is 0 Å². The molecule has 27 heavy (non-hydrogen) atoms. The summed E-state index contributed by atoms with van der Waals surface area (Å²) in [7, 11) is 3.63. The molecule has 0 unspecified atom stereocenters. The third-order valence-corrected chi connectivity index (χ3v) is 4.22. The smallest absolute Gasteiger partial charge is 0.221 e. The number of carbonyl (C=O) groups excluding carboxylic acids is 1. The summed E-state index contributed by atoms with van der Waals surface area (Å²) in [5, 5.41) is 9.99. The zero-order chi connectivity index (χ0) is 19.8. The summed E-state index contributed by atoms with van der Waals surface area (Å²) in [6.45, 7) is 2.84. The fraction of sp³-hybridized carbons (Fsp3) is 0.263. The van der Waals surface area contributed by atoms with Gasteiger partial charge in [0.1, 0.15) is 0 Å². The Morgan fingerprint density at radius 1 is 1.07 bits per heavy atom. The van der Waals surface area contributed by atoms with Crippen molar-refractivity contribution >= 4 is 57.6 Å². The van der Waals surface area contributed by atoms with Gasteiger partial charge in [-0.05, 0) is 54.7 Å². The summed E-state index contributed by atoms with van der Waals surface area (Å²) < 4.78 is 5.09. The number of nitrogens with zero attached hydrogens (tertiary/aromatic N) is 1. The highest BCUT2D eigenvalue weighted by Crippen LogP contribution is 2.28. The molecule has 0 atom stereocenters. The molecule has 0 spiro atoms. The Morgan fingerprint density at radius 3 is 2.19 bits per heavy atom. The largest absolute Gasteiger partial charge is 0.383 e. The molecule has 0 saturated carbocycles. The van der Waals surface area contributed by atoms with E-state index in [1.165, 1.54) is 6.92 Å². The minimum Gasteiger partial charge on any atom is -0.383 e. The zero-order valence-electron chi connectivity index (χ0n) is 15.5. The van der Waals surface area contributed by atoms with Gasteiger partial charge >= 0.3 is 0 Å². The maximum atomic E-state index is 11.0. The molecule has 3 N–H and O–H groups in total. The topological polar surface area (TPSA) is 65.6 Å². The third-order valence-electron chi connectivity index (χ3n) is 3.71. The van der Waals surface area contributed by atoms with E-state index in [2.05, 4.69) is 16.0 Å². The van der Waals surface area contributed by atoms with Crippen molar-refractivity contribution in [2.45, 2.75) is 6.92 Å². The summed E-state index contributed by atoms with van der Waals surface area (Å²) in [4.78, 5) is 13.1. The van der Waals surface area contributed by atoms with E-state index in [0.29, 0.717) is 16.7 Å². The van der Waals surface area contributed by atoms with Gasteiger partial charge in [0.05, 0.1) is 17.3 Å². The van der Waals surface area contributed by atoms with Crippen LogP contribution in [0, 0.1) is 0 Å². The van der Waals surface area contributed by atoms with Crippen LogP contribution in [0.15, 0.2) is 42.5 Å². The van der Waals surface area contributed by atoms with Crippen molar-refractivity contribution in [3.05, 3.63) is 47.5 Å². The summed E-state index contributed by atoms with van der Waals surface area (Å²) in [6.07, 6.45) is 0. The number of carbonyl (C=O) groups is 1. The van der Waals surface area contributed by atoms with E-state index in [-0.39, 0.29) is 5.91 Å². The number of likely N-dealkylation sites (N-methyl/N-ethyl adjacent to an activating group) is 1. The number of thiocarbonyl (C=S) groups is 1. The average molecular weight is 407 g/mol. The SMILES string of the molecule is COCCN(C)c1ccc(NC(=S)Nc2ccc(NC(C)=O)cc2)cc1Cl. The van der Waals surface area contributed by atoms with Crippen molar-refractivity contribution in [3.63, 3.8) is 0 Å². The predicted octanol–water partition coefficient (Wildman–Crippen LogP) is 4.19. The Labute approximate surface area is 169 Å². The van der Waals surface area contributed by atoms with Crippen LogP contribution < -0.4 is 20.9 Å². The molecule has 0 bridgehead atoms. The third kappa shape index (κ3) is 6.71. The second kappa shape index (κ2) is 10.1. The quantitative estimate of drug-likeness (QED) is 0.599. The van der Waals surface area contributed by atoms with Crippen molar-refractivity contribution < 1.29 is 9.53 Å². The van der Waals surface area contributed by atoms with Gasteiger partial charge in [-0.1, -0.05) is 11.6 Å². The number of hydrogen-bond acceptors (Lipinski definition) is 4. The molecule has 0 aliphatic heterocycles. The molecule has 0 fully saturated rings. The first-order valence-electron chi connectivity index (χ1n) is 8.34. The predicted molar refractivity (Wildman–Crippen MR) is 117 cm³/mol. The first kappa shape index (κ1) is 21.0. The summed E-state index contributed by atoms with van der Waals surface area (Å²) in [5.74, 6) is -0.110. The molecular formula is C19H23ClN4O2S. The van der Waals surface area contributed by atoms with E-state index in [4.69, 9.17) is 28.6 Å². The van der Waals surface area contributed by atoms with Gasteiger partial charge in [0.25, 0.3) is 0 Å². The lowest BCUT2D eigenvalue weighted by Crippen LogP contribution is -2.22. The average Bonchev–Trinajstić information content (AvgIpc) is 2.61. The monoisotopic (exact) mass is 406 g/mol. The van der Waals surface area contributed by atoms with Gasteiger partial charge in [0.2, 0.25) is 5.91 Å². The van der Waals surface area contributed by atoms with Crippen LogP contribution in [-0.4, -0.2) is 38.3 Å². The number of rotatable bonds is 7. The van der Waals surface area contributed by atoms with Crippen LogP contribution in [0.4, 0.5) is 22.7 Å². The summed E-state index contributed by atoms with van der Waals surface area (Å²) >= 11 is 11.7. The number of halogens is 1. The lowest BCUT2D eigenvalue weighted by molar-refractivity contribution is -0.114. The van der Waals surface area contributed by atoms with Crippen molar-refractivity contribution in [1.82, 2.24) is 0 Å². The highest BCUT2D eigenvalue weighted by atomic mass is 35.5. The van der Waals surface area contributed by atoms with Crippen LogP contribution in [0.2, 0.25) is 5.02 Å². The van der Waals surface area contributed by atoms with Gasteiger partial charge in [-0.2, -0.15) is 0 Å². The van der Waals surface area contributed by atoms with Crippen LogP contribution in [0.1, 0.15) is 6.92 Å². The maximum absolute atomic E-state index is 11.0. The van der Waals surface area contributed by atoms with E-state index >= 15 is 0 Å². The molecule has 0 radical (unpaired) electrons. The number of hydrogen-bond donors (Lipinski definition) is 3. The standard InChI is InChI=1S/C19H23ClN4O2S/c1-13(25)21-14-4-6-15(7-5-14)22-19(27)23-16-8-9-18(17(20)12-16)24(2)10-11-26-3/h4-9,12H,10-11H2,1-3H3,(H,21,25)(H2,22,23,27). The Balaban J connectivity index is 1.95. The fourth-order valence-electron chi connectivity index (χ4n) is 2.38. The van der Waals surface area contributed by atoms with Crippen molar-refractivity contribution in [2.75, 3.05) is 48.2 Å². The number of amides is 1. The summed E-state index contributed by atoms with van der Waals surface area (Å²) in [5.41, 5.74) is 3.25. The molecular weight excluding hydrogens is 384 g/mol. The van der Waals surface area contributed by atoms with Gasteiger partial charge in [-0.15, -0.1) is 0 Å². The van der Waals surface area contributed by atoms with Crippen LogP contribution in [-0.2, 0) is 9.53 Å². The lowest BCUT2D eigenvalue weighted by Gasteiger charge is -2.21. The fourth-order valence-corrected chi connectivity index (χ4v) is 2.94. The highest BCUT2D eigenvalue weighted by molar-refractivity contribution is 7.80. The molecule has 6 nitrogen and oxygen atoms in total. The molecule has 8 heteroatoms. The molecule has 0 aliphatic carbocycles. The second-order valence-electron chi connectivity index (χ2n) is 5.92. The number of methoxy groups -OCH3 is 1. The normalized spacial score (nSPS) is 10.2. The molecule has 2 aromatic rings. The Bertz CT molecular complexity index is 799. The first-order chi connectivity index (χ1) is 12.9. The minimum atomic E-state index is -0.110. The van der Waals surface area contributed by atoms with Gasteiger partial charge < -0.3 is 25.6 Å². The molecule has 2 rings (SSSR count). The van der Waals surface area contributed by atoms with E-state index in [0.717, 1.165) is 29.3 Å². The van der Waals surface area contributed by atoms with Crippen molar-refractivity contribution in [1.29, 1.82) is 0 Å². The van der Waals surface area contributed by atoms with Gasteiger partial charge in [0, 0.05) is 44.7 Å². The second-order valence-corrected chi connectivity index (χ2v) is 6.73. The van der Waals surface area contributed by atoms with E-state index in [1.54, 1.807) is 19.2 Å². The molecule has 0 aliphatic rings. The van der Waals surface area contributed by atoms with Crippen molar-refractivity contribution in [3.8, 4) is 0 Å². The van der Waals surface area contributed by atoms with Gasteiger partial charge in [-0.25, -0.2) is 0 Å². The van der Waals surface area contributed by atoms with Crippen LogP contribution in [0.5, 0.6) is 0 Å². The minimum absolute atomic E-state index is 0.110. The number of anilines is 4. The Kier molecular flexibility index (Phi) is 7.84. The molecule has 1 amide bonds. The van der Waals surface area contributed by atoms with Crippen LogP contribution in [0.25, 0.3) is 0 Å².